The van der Waals surface area contributed by atoms with Gasteiger partial charge in [-0.3, -0.25) is 9.59 Å². The Balaban J connectivity index is 2.85. The third kappa shape index (κ3) is 1.36. The Morgan fingerprint density at radius 1 is 1.60 bits per heavy atom. The summed E-state index contributed by atoms with van der Waals surface area (Å²) >= 11 is 3.98. The molecule has 0 spiro atoms. The molecule has 0 bridgehead atoms. The Kier molecular flexibility index (Phi) is 2.06. The van der Waals surface area contributed by atoms with E-state index in [-0.39, 0.29) is 11.4 Å². The third-order valence-corrected chi connectivity index (χ3v) is 1.55. The van der Waals surface area contributed by atoms with Crippen LogP contribution < -0.4 is 0 Å². The number of allylic oxidation sites excluding steroid dienone is 4. The van der Waals surface area contributed by atoms with Gasteiger partial charge in [0.1, 0.15) is 0 Å². The van der Waals surface area contributed by atoms with E-state index >= 15 is 0 Å². The average molecular weight is 154 g/mol. The Morgan fingerprint density at radius 2 is 2.30 bits per heavy atom. The second kappa shape index (κ2) is 2.84. The maximum Gasteiger partial charge on any atom is 0.189 e. The predicted octanol–water partition coefficient (Wildman–Crippen LogP) is 0.898. The molecule has 0 aromatic carbocycles. The topological polar surface area (TPSA) is 34.1 Å². The van der Waals surface area contributed by atoms with Gasteiger partial charge in [0, 0.05) is 0 Å². The molecule has 0 saturated carbocycles. The van der Waals surface area contributed by atoms with Gasteiger partial charge in [0.2, 0.25) is 0 Å². The lowest BCUT2D eigenvalue weighted by Gasteiger charge is -2.02. The van der Waals surface area contributed by atoms with Crippen LogP contribution in [0.15, 0.2) is 22.6 Å². The zero-order chi connectivity index (χ0) is 7.56. The van der Waals surface area contributed by atoms with Crippen molar-refractivity contribution < 1.29 is 9.59 Å². The highest BCUT2D eigenvalue weighted by molar-refractivity contribution is 7.84. The molecule has 0 N–H and O–H groups in total. The highest BCUT2D eigenvalue weighted by atomic mass is 32.1. The molecule has 1 rings (SSSR count). The van der Waals surface area contributed by atoms with E-state index in [1.165, 1.54) is 6.08 Å². The number of carbonyl (C=O) groups excluding carboxylic acids is 2. The molecule has 0 aliphatic heterocycles. The second-order valence-corrected chi connectivity index (χ2v) is 2.56. The largest absolute Gasteiger partial charge is 0.298 e. The minimum absolute atomic E-state index is 0.234. The van der Waals surface area contributed by atoms with Crippen LogP contribution in [-0.4, -0.2) is 12.1 Å². The molecule has 1 aliphatic rings. The van der Waals surface area contributed by atoms with Crippen molar-refractivity contribution >= 4 is 24.7 Å². The lowest BCUT2D eigenvalue weighted by molar-refractivity contribution is -0.114. The van der Waals surface area contributed by atoms with Crippen LogP contribution in [0.1, 0.15) is 6.42 Å². The maximum atomic E-state index is 10.8. The van der Waals surface area contributed by atoms with Crippen LogP contribution in [0.5, 0.6) is 0 Å². The van der Waals surface area contributed by atoms with E-state index in [0.717, 1.165) is 0 Å². The van der Waals surface area contributed by atoms with Gasteiger partial charge < -0.3 is 0 Å². The van der Waals surface area contributed by atoms with E-state index in [4.69, 9.17) is 0 Å². The molecule has 3 heteroatoms. The fraction of sp³-hybridized carbons (Fsp3) is 0.143. The summed E-state index contributed by atoms with van der Waals surface area (Å²) in [6, 6.07) is 0. The first-order valence-electron chi connectivity index (χ1n) is 2.83. The quantitative estimate of drug-likeness (QED) is 0.346. The van der Waals surface area contributed by atoms with Crippen molar-refractivity contribution in [3.8, 4) is 0 Å². The molecule has 1 aliphatic carbocycles. The van der Waals surface area contributed by atoms with Gasteiger partial charge in [0.05, 0.1) is 5.57 Å². The molecule has 52 valence electrons. The van der Waals surface area contributed by atoms with Crippen LogP contribution in [0.4, 0.5) is 0 Å². The molecule has 2 nitrogen and oxygen atoms in total. The van der Waals surface area contributed by atoms with Crippen LogP contribution in [0.3, 0.4) is 0 Å². The van der Waals surface area contributed by atoms with Crippen molar-refractivity contribution in [3.05, 3.63) is 22.6 Å². The average Bonchev–Trinajstić information content (AvgIpc) is 1.88. The monoisotopic (exact) mass is 154 g/mol. The molecule has 10 heavy (non-hydrogen) atoms. The van der Waals surface area contributed by atoms with Gasteiger partial charge in [-0.05, 0) is 17.4 Å². The van der Waals surface area contributed by atoms with Crippen molar-refractivity contribution in [2.24, 2.45) is 0 Å². The van der Waals surface area contributed by atoms with E-state index in [9.17, 15) is 9.59 Å². The van der Waals surface area contributed by atoms with Gasteiger partial charge >= 0.3 is 0 Å². The van der Waals surface area contributed by atoms with E-state index in [2.05, 4.69) is 12.6 Å². The van der Waals surface area contributed by atoms with Gasteiger partial charge in [-0.1, -0.05) is 6.08 Å². The minimum Gasteiger partial charge on any atom is -0.298 e. The fourth-order valence-corrected chi connectivity index (χ4v) is 0.923. The first-order chi connectivity index (χ1) is 4.74. The van der Waals surface area contributed by atoms with Crippen molar-refractivity contribution in [2.45, 2.75) is 6.42 Å². The molecule has 0 amide bonds. The molecule has 0 aromatic heterocycles. The molecule has 0 atom stereocenters. The number of hydrogen-bond acceptors (Lipinski definition) is 3. The first kappa shape index (κ1) is 7.28. The zero-order valence-corrected chi connectivity index (χ0v) is 6.10. The van der Waals surface area contributed by atoms with Crippen LogP contribution in [0.25, 0.3) is 0 Å². The lowest BCUT2D eigenvalue weighted by Crippen LogP contribution is -2.04. The Labute approximate surface area is 64.0 Å². The Morgan fingerprint density at radius 3 is 2.80 bits per heavy atom. The number of aldehydes is 1. The summed E-state index contributed by atoms with van der Waals surface area (Å²) in [6.07, 6.45) is 4.10. The highest BCUT2D eigenvalue weighted by Gasteiger charge is 2.09. The fourth-order valence-electron chi connectivity index (χ4n) is 0.715. The first-order valence-corrected chi connectivity index (χ1v) is 3.28. The van der Waals surface area contributed by atoms with Gasteiger partial charge in [0.25, 0.3) is 0 Å². The van der Waals surface area contributed by atoms with Gasteiger partial charge in [-0.25, -0.2) is 0 Å². The van der Waals surface area contributed by atoms with Crippen LogP contribution in [0.2, 0.25) is 0 Å². The summed E-state index contributed by atoms with van der Waals surface area (Å²) in [4.78, 5) is 21.6. The standard InChI is InChI=1S/C7H6O2S/c8-4-5-1-2-6(10)3-7(5)9/h1,3-4,10H,2H2. The van der Waals surface area contributed by atoms with E-state index in [0.29, 0.717) is 17.6 Å². The van der Waals surface area contributed by atoms with E-state index in [1.807, 2.05) is 0 Å². The van der Waals surface area contributed by atoms with Gasteiger partial charge in [0.15, 0.2) is 12.1 Å². The van der Waals surface area contributed by atoms with E-state index in [1.54, 1.807) is 6.08 Å². The molecule has 0 unspecified atom stereocenters. The Bertz CT molecular complexity index is 238. The summed E-state index contributed by atoms with van der Waals surface area (Å²) < 4.78 is 0. The highest BCUT2D eigenvalue weighted by Crippen LogP contribution is 2.15. The molecule has 0 aromatic rings. The Hall–Kier alpha value is -0.830. The summed E-state index contributed by atoms with van der Waals surface area (Å²) in [5.41, 5.74) is 0.234. The summed E-state index contributed by atoms with van der Waals surface area (Å²) in [6.45, 7) is 0. The summed E-state index contributed by atoms with van der Waals surface area (Å²) in [5, 5.41) is 0. The molecule has 0 heterocycles. The third-order valence-electron chi connectivity index (χ3n) is 1.24. The number of thiol groups is 1. The number of carbonyl (C=O) groups is 2. The van der Waals surface area contributed by atoms with Gasteiger partial charge in [-0.2, -0.15) is 0 Å². The molecule has 0 saturated heterocycles. The molecule has 0 radical (unpaired) electrons. The molecular weight excluding hydrogens is 148 g/mol. The van der Waals surface area contributed by atoms with Crippen LogP contribution in [0, 0.1) is 0 Å². The molecule has 0 fully saturated rings. The van der Waals surface area contributed by atoms with Crippen molar-refractivity contribution in [1.82, 2.24) is 0 Å². The van der Waals surface area contributed by atoms with Crippen LogP contribution in [-0.2, 0) is 9.59 Å². The minimum atomic E-state index is -0.244. The van der Waals surface area contributed by atoms with Crippen molar-refractivity contribution in [3.63, 3.8) is 0 Å². The number of ketones is 1. The predicted molar refractivity (Wildman–Crippen MR) is 40.8 cm³/mol. The second-order valence-electron chi connectivity index (χ2n) is 1.98. The summed E-state index contributed by atoms with van der Waals surface area (Å²) in [5.74, 6) is -0.244. The lowest BCUT2D eigenvalue weighted by atomic mass is 10.1. The molecular formula is C7H6O2S. The van der Waals surface area contributed by atoms with Gasteiger partial charge in [-0.15, -0.1) is 12.6 Å². The van der Waals surface area contributed by atoms with E-state index < -0.39 is 0 Å². The summed E-state index contributed by atoms with van der Waals surface area (Å²) in [7, 11) is 0. The van der Waals surface area contributed by atoms with Crippen molar-refractivity contribution in [2.75, 3.05) is 0 Å². The smallest absolute Gasteiger partial charge is 0.189 e. The maximum absolute atomic E-state index is 10.8. The SMILES string of the molecule is O=CC1=CCC(S)=CC1=O. The zero-order valence-electron chi connectivity index (χ0n) is 5.20. The van der Waals surface area contributed by atoms with Crippen LogP contribution >= 0.6 is 12.6 Å². The number of hydrogen-bond donors (Lipinski definition) is 1. The normalized spacial score (nSPS) is 17.9. The van der Waals surface area contributed by atoms with Crippen molar-refractivity contribution in [1.29, 1.82) is 0 Å². The number of rotatable bonds is 1.